The van der Waals surface area contributed by atoms with Crippen molar-refractivity contribution in [3.8, 4) is 0 Å². The second-order valence-electron chi connectivity index (χ2n) is 4.65. The fraction of sp³-hybridized carbons (Fsp3) is 0.385. The van der Waals surface area contributed by atoms with Gasteiger partial charge < -0.3 is 24.8 Å². The van der Waals surface area contributed by atoms with Gasteiger partial charge in [0.2, 0.25) is 0 Å². The average molecular weight is 326 g/mol. The molecule has 0 amide bonds. The molecule has 0 aromatic carbocycles. The fourth-order valence-corrected chi connectivity index (χ4v) is 2.10. The summed E-state index contributed by atoms with van der Waals surface area (Å²) in [7, 11) is 0. The zero-order valence-electron chi connectivity index (χ0n) is 11.7. The minimum absolute atomic E-state index is 0.0263. The van der Waals surface area contributed by atoms with Gasteiger partial charge in [0.25, 0.3) is 5.56 Å². The Kier molecular flexibility index (Phi) is 5.27. The SMILES string of the molecule is O=C=COC=Cc1cn([C@@H]2O[C@H](CO)[C@@H](O)[C@H]2O)c(=O)[nH]c1=O. The van der Waals surface area contributed by atoms with Gasteiger partial charge in [0.05, 0.1) is 18.4 Å². The summed E-state index contributed by atoms with van der Waals surface area (Å²) in [6.07, 6.45) is -1.21. The van der Waals surface area contributed by atoms with Crippen LogP contribution in [-0.4, -0.2) is 55.7 Å². The number of aromatic amines is 1. The van der Waals surface area contributed by atoms with Crippen molar-refractivity contribution in [3.63, 3.8) is 0 Å². The van der Waals surface area contributed by atoms with E-state index in [4.69, 9.17) is 9.84 Å². The number of nitrogens with zero attached hydrogens (tertiary/aromatic N) is 1. The molecule has 0 unspecified atom stereocenters. The zero-order chi connectivity index (χ0) is 17.0. The minimum Gasteiger partial charge on any atom is -0.461 e. The van der Waals surface area contributed by atoms with E-state index in [9.17, 15) is 24.6 Å². The molecule has 1 aliphatic rings. The van der Waals surface area contributed by atoms with E-state index in [1.807, 2.05) is 4.98 Å². The summed E-state index contributed by atoms with van der Waals surface area (Å²) in [5.41, 5.74) is -1.62. The molecular weight excluding hydrogens is 312 g/mol. The number of hydrogen-bond donors (Lipinski definition) is 4. The highest BCUT2D eigenvalue weighted by Gasteiger charge is 2.43. The predicted molar refractivity (Wildman–Crippen MR) is 74.7 cm³/mol. The molecule has 1 saturated heterocycles. The summed E-state index contributed by atoms with van der Waals surface area (Å²) in [6.45, 7) is -0.550. The van der Waals surface area contributed by atoms with Gasteiger partial charge in [-0.15, -0.1) is 0 Å². The molecule has 4 atom stereocenters. The summed E-state index contributed by atoms with van der Waals surface area (Å²) < 4.78 is 10.7. The van der Waals surface area contributed by atoms with Crippen molar-refractivity contribution in [1.29, 1.82) is 0 Å². The summed E-state index contributed by atoms with van der Waals surface area (Å²) in [6, 6.07) is 0. The number of H-pyrrole nitrogens is 1. The first-order chi connectivity index (χ1) is 11.0. The molecule has 0 saturated carbocycles. The molecule has 4 N–H and O–H groups in total. The standard InChI is InChI=1S/C13H14N2O8/c16-2-4-22-3-1-7-5-15(13(21)14-11(7)20)12-10(19)9(18)8(6-17)23-12/h1,3-5,8-10,12,17-19H,6H2,(H,14,20,21)/t8-,9-,10-,12-/m1/s1. The van der Waals surface area contributed by atoms with Crippen molar-refractivity contribution in [1.82, 2.24) is 9.55 Å². The lowest BCUT2D eigenvalue weighted by molar-refractivity contribution is -0.0550. The van der Waals surface area contributed by atoms with Gasteiger partial charge in [-0.05, 0) is 6.08 Å². The van der Waals surface area contributed by atoms with E-state index < -0.39 is 42.4 Å². The molecule has 1 fully saturated rings. The van der Waals surface area contributed by atoms with Crippen molar-refractivity contribution in [3.05, 3.63) is 45.1 Å². The molecule has 2 heterocycles. The highest BCUT2D eigenvalue weighted by atomic mass is 16.6. The Morgan fingerprint density at radius 2 is 2.13 bits per heavy atom. The summed E-state index contributed by atoms with van der Waals surface area (Å²) in [5.74, 6) is 1.36. The van der Waals surface area contributed by atoms with E-state index in [1.165, 1.54) is 12.0 Å². The second-order valence-corrected chi connectivity index (χ2v) is 4.65. The van der Waals surface area contributed by atoms with Gasteiger partial charge in [-0.1, -0.05) is 0 Å². The number of ether oxygens (including phenoxy) is 2. The maximum absolute atomic E-state index is 11.9. The van der Waals surface area contributed by atoms with E-state index in [-0.39, 0.29) is 5.56 Å². The Morgan fingerprint density at radius 1 is 1.39 bits per heavy atom. The van der Waals surface area contributed by atoms with Gasteiger partial charge in [-0.3, -0.25) is 14.3 Å². The Balaban J connectivity index is 2.36. The van der Waals surface area contributed by atoms with Gasteiger partial charge >= 0.3 is 5.69 Å². The maximum atomic E-state index is 11.9. The van der Waals surface area contributed by atoms with Crippen molar-refractivity contribution < 1.29 is 29.6 Å². The van der Waals surface area contributed by atoms with Crippen LogP contribution in [0.3, 0.4) is 0 Å². The van der Waals surface area contributed by atoms with Gasteiger partial charge in [0.1, 0.15) is 18.3 Å². The number of rotatable bonds is 5. The first-order valence-electron chi connectivity index (χ1n) is 6.49. The first-order valence-corrected chi connectivity index (χ1v) is 6.49. The van der Waals surface area contributed by atoms with E-state index in [2.05, 4.69) is 4.74 Å². The third kappa shape index (κ3) is 3.47. The lowest BCUT2D eigenvalue weighted by Gasteiger charge is -2.17. The minimum atomic E-state index is -1.47. The lowest BCUT2D eigenvalue weighted by Crippen LogP contribution is -2.38. The van der Waals surface area contributed by atoms with Crippen LogP contribution in [0.5, 0.6) is 0 Å². The number of nitrogens with one attached hydrogen (secondary N) is 1. The number of aromatic nitrogens is 2. The van der Waals surface area contributed by atoms with Gasteiger partial charge in [0.15, 0.2) is 18.4 Å². The molecule has 10 heteroatoms. The number of hydrogen-bond acceptors (Lipinski definition) is 8. The van der Waals surface area contributed by atoms with Crippen LogP contribution in [0.1, 0.15) is 11.8 Å². The molecule has 0 radical (unpaired) electrons. The third-order valence-corrected chi connectivity index (χ3v) is 3.23. The average Bonchev–Trinajstić information content (AvgIpc) is 2.81. The molecule has 10 nitrogen and oxygen atoms in total. The van der Waals surface area contributed by atoms with Crippen LogP contribution in [0.25, 0.3) is 6.08 Å². The van der Waals surface area contributed by atoms with Gasteiger partial charge in [-0.25, -0.2) is 9.59 Å². The molecule has 0 aliphatic carbocycles. The summed E-state index contributed by atoms with van der Waals surface area (Å²) in [4.78, 5) is 35.5. The van der Waals surface area contributed by atoms with Crippen molar-refractivity contribution >= 4 is 12.0 Å². The second kappa shape index (κ2) is 7.18. The third-order valence-electron chi connectivity index (χ3n) is 3.23. The summed E-state index contributed by atoms with van der Waals surface area (Å²) >= 11 is 0. The Bertz CT molecular complexity index is 745. The molecule has 1 aromatic heterocycles. The van der Waals surface area contributed by atoms with Crippen LogP contribution in [0.2, 0.25) is 0 Å². The van der Waals surface area contributed by atoms with Crippen molar-refractivity contribution in [2.75, 3.05) is 6.61 Å². The molecule has 1 aliphatic heterocycles. The van der Waals surface area contributed by atoms with Crippen LogP contribution >= 0.6 is 0 Å². The zero-order valence-corrected chi connectivity index (χ0v) is 11.7. The van der Waals surface area contributed by atoms with Crippen LogP contribution in [0.4, 0.5) is 0 Å². The Labute approximate surface area is 128 Å². The molecule has 124 valence electrons. The molecule has 1 aromatic rings. The Morgan fingerprint density at radius 3 is 2.74 bits per heavy atom. The molecule has 2 rings (SSSR count). The monoisotopic (exact) mass is 326 g/mol. The van der Waals surface area contributed by atoms with Crippen LogP contribution < -0.4 is 11.2 Å². The largest absolute Gasteiger partial charge is 0.461 e. The maximum Gasteiger partial charge on any atom is 0.330 e. The van der Waals surface area contributed by atoms with Crippen molar-refractivity contribution in [2.24, 2.45) is 0 Å². The van der Waals surface area contributed by atoms with Crippen LogP contribution in [0.15, 0.2) is 28.3 Å². The first kappa shape index (κ1) is 16.9. The van der Waals surface area contributed by atoms with Crippen molar-refractivity contribution in [2.45, 2.75) is 24.5 Å². The van der Waals surface area contributed by atoms with E-state index >= 15 is 0 Å². The Hall–Kier alpha value is -2.49. The molecule has 0 spiro atoms. The molecular formula is C13H14N2O8. The van der Waals surface area contributed by atoms with E-state index in [0.29, 0.717) is 6.26 Å². The fourth-order valence-electron chi connectivity index (χ4n) is 2.10. The predicted octanol–water partition coefficient (Wildman–Crippen LogP) is -2.52. The smallest absolute Gasteiger partial charge is 0.330 e. The van der Waals surface area contributed by atoms with Gasteiger partial charge in [-0.2, -0.15) is 0 Å². The number of aliphatic hydroxyl groups excluding tert-OH is 3. The normalized spacial score (nSPS) is 27.1. The van der Waals surface area contributed by atoms with E-state index in [0.717, 1.165) is 17.0 Å². The topological polar surface area (TPSA) is 151 Å². The van der Waals surface area contributed by atoms with Gasteiger partial charge in [0, 0.05) is 6.20 Å². The number of aliphatic hydroxyl groups is 3. The quantitative estimate of drug-likeness (QED) is 0.342. The molecule has 0 bridgehead atoms. The highest BCUT2D eigenvalue weighted by Crippen LogP contribution is 2.27. The van der Waals surface area contributed by atoms with Crippen LogP contribution in [0, 0.1) is 0 Å². The van der Waals surface area contributed by atoms with E-state index in [1.54, 1.807) is 0 Å². The summed E-state index contributed by atoms with van der Waals surface area (Å²) in [5, 5.41) is 28.7. The molecule has 23 heavy (non-hydrogen) atoms. The highest BCUT2D eigenvalue weighted by molar-refractivity contribution is 5.46. The number of carbonyl (C=O) groups excluding carboxylic acids is 1. The lowest BCUT2D eigenvalue weighted by atomic mass is 10.1. The van der Waals surface area contributed by atoms with Crippen LogP contribution in [-0.2, 0) is 14.3 Å².